The lowest BCUT2D eigenvalue weighted by Gasteiger charge is -2.10. The van der Waals surface area contributed by atoms with Crippen LogP contribution in [0.1, 0.15) is 17.5 Å². The number of aliphatic hydroxyl groups excluding tert-OH is 1. The van der Waals surface area contributed by atoms with E-state index in [1.165, 1.54) is 0 Å². The molecule has 2 heterocycles. The third-order valence-electron chi connectivity index (χ3n) is 2.97. The van der Waals surface area contributed by atoms with Crippen molar-refractivity contribution in [2.45, 2.75) is 6.10 Å². The molecular weight excluding hydrogens is 226 g/mol. The Kier molecular flexibility index (Phi) is 2.57. The molecule has 0 aliphatic heterocycles. The van der Waals surface area contributed by atoms with Gasteiger partial charge < -0.3 is 9.67 Å². The topological polar surface area (TPSA) is 50.9 Å². The molecule has 0 aliphatic carbocycles. The lowest BCUT2D eigenvalue weighted by molar-refractivity contribution is 0.212. The first-order chi connectivity index (χ1) is 8.75. The van der Waals surface area contributed by atoms with Crippen LogP contribution in [0.3, 0.4) is 0 Å². The van der Waals surface area contributed by atoms with Gasteiger partial charge in [-0.2, -0.15) is 0 Å². The Morgan fingerprint density at radius 2 is 2.00 bits per heavy atom. The molecule has 0 spiro atoms. The van der Waals surface area contributed by atoms with Crippen molar-refractivity contribution in [2.24, 2.45) is 7.05 Å². The summed E-state index contributed by atoms with van der Waals surface area (Å²) in [5.41, 5.74) is 1.26. The van der Waals surface area contributed by atoms with Crippen LogP contribution in [0.5, 0.6) is 0 Å². The Morgan fingerprint density at radius 3 is 2.78 bits per heavy atom. The maximum atomic E-state index is 10.4. The minimum atomic E-state index is -0.794. The number of aliphatic hydroxyl groups is 1. The number of pyridine rings is 1. The van der Waals surface area contributed by atoms with Gasteiger partial charge in [0.1, 0.15) is 6.10 Å². The highest BCUT2D eigenvalue weighted by molar-refractivity contribution is 5.84. The second-order valence-corrected chi connectivity index (χ2v) is 4.28. The molecule has 18 heavy (non-hydrogen) atoms. The molecule has 0 amide bonds. The Morgan fingerprint density at radius 1 is 1.17 bits per heavy atom. The summed E-state index contributed by atoms with van der Waals surface area (Å²) < 4.78 is 1.81. The van der Waals surface area contributed by atoms with Gasteiger partial charge in [-0.3, -0.25) is 4.98 Å². The largest absolute Gasteiger partial charge is 0.380 e. The number of fused-ring (bicyclic) bond motifs is 1. The van der Waals surface area contributed by atoms with Crippen molar-refractivity contribution < 1.29 is 5.11 Å². The number of aryl methyl sites for hydroxylation is 1. The predicted molar refractivity (Wildman–Crippen MR) is 69.0 cm³/mol. The first-order valence-corrected chi connectivity index (χ1v) is 5.75. The smallest absolute Gasteiger partial charge is 0.140 e. The van der Waals surface area contributed by atoms with Crippen LogP contribution in [0.25, 0.3) is 10.8 Å². The lowest BCUT2D eigenvalue weighted by Crippen LogP contribution is -2.03. The van der Waals surface area contributed by atoms with Gasteiger partial charge in [-0.05, 0) is 11.5 Å². The first kappa shape index (κ1) is 10.9. The molecule has 3 rings (SSSR count). The van der Waals surface area contributed by atoms with Crippen LogP contribution in [-0.4, -0.2) is 19.6 Å². The summed E-state index contributed by atoms with van der Waals surface area (Å²) >= 11 is 0. The summed E-state index contributed by atoms with van der Waals surface area (Å²) in [5.74, 6) is 0. The monoisotopic (exact) mass is 239 g/mol. The molecule has 0 aliphatic rings. The second kappa shape index (κ2) is 4.23. The van der Waals surface area contributed by atoms with E-state index in [-0.39, 0.29) is 0 Å². The highest BCUT2D eigenvalue weighted by Gasteiger charge is 2.16. The average molecular weight is 239 g/mol. The van der Waals surface area contributed by atoms with E-state index in [0.29, 0.717) is 11.4 Å². The molecule has 0 radical (unpaired) electrons. The number of benzene rings is 1. The Labute approximate surface area is 105 Å². The van der Waals surface area contributed by atoms with Crippen LogP contribution in [-0.2, 0) is 7.05 Å². The van der Waals surface area contributed by atoms with E-state index in [9.17, 15) is 5.11 Å². The van der Waals surface area contributed by atoms with Crippen molar-refractivity contribution in [3.63, 3.8) is 0 Å². The maximum absolute atomic E-state index is 10.4. The van der Waals surface area contributed by atoms with Crippen molar-refractivity contribution in [1.82, 2.24) is 14.5 Å². The van der Waals surface area contributed by atoms with E-state index in [4.69, 9.17) is 0 Å². The minimum absolute atomic E-state index is 0.612. The third-order valence-corrected chi connectivity index (χ3v) is 2.97. The average Bonchev–Trinajstić information content (AvgIpc) is 2.84. The van der Waals surface area contributed by atoms with Crippen molar-refractivity contribution in [1.29, 1.82) is 0 Å². The number of imidazole rings is 1. The van der Waals surface area contributed by atoms with Crippen LogP contribution in [0.15, 0.2) is 49.1 Å². The number of nitrogens with zero attached hydrogens (tertiary/aromatic N) is 3. The van der Waals surface area contributed by atoms with E-state index < -0.39 is 6.10 Å². The predicted octanol–water partition coefficient (Wildman–Crippen LogP) is 2.05. The standard InChI is InChI=1S/C14H13N3O/c1-17-8-12(16-9-17)14(18)13-11-5-3-2-4-10(11)6-7-15-13/h2-9,14,18H,1H3. The van der Waals surface area contributed by atoms with Gasteiger partial charge in [-0.15, -0.1) is 0 Å². The molecule has 1 unspecified atom stereocenters. The maximum Gasteiger partial charge on any atom is 0.140 e. The highest BCUT2D eigenvalue weighted by atomic mass is 16.3. The van der Waals surface area contributed by atoms with E-state index in [1.807, 2.05) is 41.9 Å². The lowest BCUT2D eigenvalue weighted by atomic mass is 10.1. The Hall–Kier alpha value is -2.20. The van der Waals surface area contributed by atoms with Gasteiger partial charge in [0.15, 0.2) is 0 Å². The minimum Gasteiger partial charge on any atom is -0.380 e. The summed E-state index contributed by atoms with van der Waals surface area (Å²) in [4.78, 5) is 8.47. The highest BCUT2D eigenvalue weighted by Crippen LogP contribution is 2.25. The van der Waals surface area contributed by atoms with Gasteiger partial charge in [-0.25, -0.2) is 4.98 Å². The van der Waals surface area contributed by atoms with E-state index in [0.717, 1.165) is 10.8 Å². The van der Waals surface area contributed by atoms with Crippen molar-refractivity contribution in [3.05, 3.63) is 60.4 Å². The molecule has 0 saturated carbocycles. The van der Waals surface area contributed by atoms with E-state index >= 15 is 0 Å². The number of hydrogen-bond acceptors (Lipinski definition) is 3. The second-order valence-electron chi connectivity index (χ2n) is 4.28. The van der Waals surface area contributed by atoms with E-state index in [2.05, 4.69) is 9.97 Å². The SMILES string of the molecule is Cn1cnc(C(O)c2nccc3ccccc23)c1. The Balaban J connectivity index is 2.14. The van der Waals surface area contributed by atoms with Crippen LogP contribution in [0, 0.1) is 0 Å². The molecule has 4 nitrogen and oxygen atoms in total. The van der Waals surface area contributed by atoms with E-state index in [1.54, 1.807) is 18.7 Å². The molecule has 90 valence electrons. The number of hydrogen-bond donors (Lipinski definition) is 1. The third kappa shape index (κ3) is 1.76. The van der Waals surface area contributed by atoms with Crippen molar-refractivity contribution in [2.75, 3.05) is 0 Å². The fraction of sp³-hybridized carbons (Fsp3) is 0.143. The molecule has 0 saturated heterocycles. The van der Waals surface area contributed by atoms with Gasteiger partial charge in [0.2, 0.25) is 0 Å². The number of aromatic nitrogens is 3. The molecule has 3 aromatic rings. The normalized spacial score (nSPS) is 12.8. The van der Waals surface area contributed by atoms with Crippen LogP contribution >= 0.6 is 0 Å². The zero-order valence-electron chi connectivity index (χ0n) is 9.99. The molecular formula is C14H13N3O. The van der Waals surface area contributed by atoms with Crippen molar-refractivity contribution in [3.8, 4) is 0 Å². The quantitative estimate of drug-likeness (QED) is 0.744. The molecule has 1 aromatic carbocycles. The van der Waals surface area contributed by atoms with Crippen LogP contribution < -0.4 is 0 Å². The Bertz CT molecular complexity index is 685. The summed E-state index contributed by atoms with van der Waals surface area (Å²) in [5, 5.41) is 12.4. The summed E-state index contributed by atoms with van der Waals surface area (Å²) in [7, 11) is 1.87. The van der Waals surface area contributed by atoms with Crippen molar-refractivity contribution >= 4 is 10.8 Å². The summed E-state index contributed by atoms with van der Waals surface area (Å²) in [6, 6.07) is 9.82. The zero-order chi connectivity index (χ0) is 12.5. The molecule has 0 fully saturated rings. The van der Waals surface area contributed by atoms with Crippen LogP contribution in [0.2, 0.25) is 0 Å². The van der Waals surface area contributed by atoms with Crippen LogP contribution in [0.4, 0.5) is 0 Å². The summed E-state index contributed by atoms with van der Waals surface area (Å²) in [6.07, 6.45) is 4.39. The first-order valence-electron chi connectivity index (χ1n) is 5.75. The molecule has 4 heteroatoms. The molecule has 2 aromatic heterocycles. The fourth-order valence-electron chi connectivity index (χ4n) is 2.08. The van der Waals surface area contributed by atoms with Gasteiger partial charge in [-0.1, -0.05) is 24.3 Å². The van der Waals surface area contributed by atoms with Gasteiger partial charge >= 0.3 is 0 Å². The zero-order valence-corrected chi connectivity index (χ0v) is 9.99. The summed E-state index contributed by atoms with van der Waals surface area (Å²) in [6.45, 7) is 0. The number of rotatable bonds is 2. The molecule has 1 N–H and O–H groups in total. The molecule has 0 bridgehead atoms. The van der Waals surface area contributed by atoms with Gasteiger partial charge in [0, 0.05) is 24.8 Å². The fourth-order valence-corrected chi connectivity index (χ4v) is 2.08. The van der Waals surface area contributed by atoms with Gasteiger partial charge in [0.05, 0.1) is 17.7 Å². The molecule has 1 atom stereocenters. The van der Waals surface area contributed by atoms with Gasteiger partial charge in [0.25, 0.3) is 0 Å².